The number of hydrogen-bond donors (Lipinski definition) is 0. The molecule has 0 radical (unpaired) electrons. The van der Waals surface area contributed by atoms with E-state index in [9.17, 15) is 4.39 Å². The van der Waals surface area contributed by atoms with Crippen molar-refractivity contribution in [3.8, 4) is 5.36 Å². The Hall–Kier alpha value is -0.269. The van der Waals surface area contributed by atoms with Gasteiger partial charge in [0, 0.05) is 0 Å². The van der Waals surface area contributed by atoms with Gasteiger partial charge in [-0.05, 0) is 31.8 Å². The zero-order chi connectivity index (χ0) is 12.6. The zero-order valence-corrected chi connectivity index (χ0v) is 14.0. The first kappa shape index (κ1) is 13.8. The second-order valence-electron chi connectivity index (χ2n) is 6.08. The maximum atomic E-state index is 14.0. The van der Waals surface area contributed by atoms with Crippen LogP contribution in [0.15, 0.2) is 18.2 Å². The lowest BCUT2D eigenvalue weighted by Gasteiger charge is -2.26. The Morgan fingerprint density at radius 1 is 1.06 bits per heavy atom. The predicted molar refractivity (Wildman–Crippen MR) is 75.1 cm³/mol. The third-order valence-electron chi connectivity index (χ3n) is 2.14. The molecule has 5 heteroatoms. The molecular formula is C11H21FOSi3. The molecule has 0 aliphatic carbocycles. The molecule has 1 heterocycles. The second-order valence-corrected chi connectivity index (χ2v) is 22.7. The second kappa shape index (κ2) is 4.54. The van der Waals surface area contributed by atoms with Crippen molar-refractivity contribution in [3.63, 3.8) is 0 Å². The highest BCUT2D eigenvalue weighted by Crippen LogP contribution is 2.22. The summed E-state index contributed by atoms with van der Waals surface area (Å²) in [4.78, 5) is 0. The van der Waals surface area contributed by atoms with Crippen LogP contribution in [0, 0.1) is 5.43 Å². The van der Waals surface area contributed by atoms with Gasteiger partial charge in [-0.25, -0.2) is 4.39 Å². The normalized spacial score (nSPS) is 12.7. The highest BCUT2D eigenvalue weighted by molar-refractivity contribution is 7.29. The summed E-state index contributed by atoms with van der Waals surface area (Å²) < 4.78 is 20.0. The summed E-state index contributed by atoms with van der Waals surface area (Å²) >= 11 is 0. The summed E-state index contributed by atoms with van der Waals surface area (Å²) in [5, 5.41) is 0.948. The Kier molecular flexibility index (Phi) is 3.91. The average molecular weight is 273 g/mol. The van der Waals surface area contributed by atoms with Crippen molar-refractivity contribution in [1.82, 2.24) is 0 Å². The van der Waals surface area contributed by atoms with Gasteiger partial charge in [0.05, 0.1) is 13.0 Å². The maximum Gasteiger partial charge on any atom is 0.241 e. The fourth-order valence-electron chi connectivity index (χ4n) is 1.65. The van der Waals surface area contributed by atoms with Gasteiger partial charge in [0.1, 0.15) is 13.3 Å². The Bertz CT molecular complexity index is 380. The molecule has 0 saturated carbocycles. The van der Waals surface area contributed by atoms with Crippen molar-refractivity contribution in [1.29, 1.82) is 0 Å². The lowest BCUT2D eigenvalue weighted by molar-refractivity contribution is 0.566. The molecule has 0 saturated heterocycles. The fraction of sp³-hybridized carbons (Fsp3) is 0.545. The Morgan fingerprint density at radius 3 is 2.06 bits per heavy atom. The molecular weight excluding hydrogens is 251 g/mol. The van der Waals surface area contributed by atoms with Gasteiger partial charge >= 0.3 is 0 Å². The fourth-order valence-corrected chi connectivity index (χ4v) is 11.2. The molecule has 0 amide bonds. The average Bonchev–Trinajstić information content (AvgIpc) is 1.97. The first-order chi connectivity index (χ1) is 7.11. The topological polar surface area (TPSA) is 9.23 Å². The molecule has 1 nitrogen and oxygen atoms in total. The Labute approximate surface area is 101 Å². The van der Waals surface area contributed by atoms with Crippen LogP contribution >= 0.6 is 0 Å². The van der Waals surface area contributed by atoms with Crippen LogP contribution in [0.2, 0.25) is 39.3 Å². The van der Waals surface area contributed by atoms with E-state index in [1.807, 2.05) is 6.07 Å². The van der Waals surface area contributed by atoms with E-state index in [4.69, 9.17) is 4.43 Å². The van der Waals surface area contributed by atoms with E-state index >= 15 is 0 Å². The van der Waals surface area contributed by atoms with Crippen molar-refractivity contribution in [2.45, 2.75) is 39.3 Å². The highest BCUT2D eigenvalue weighted by Gasteiger charge is 2.28. The van der Waals surface area contributed by atoms with Crippen molar-refractivity contribution in [2.75, 3.05) is 0 Å². The van der Waals surface area contributed by atoms with Crippen molar-refractivity contribution >= 4 is 23.8 Å². The van der Waals surface area contributed by atoms with Crippen LogP contribution in [-0.4, -0.2) is 23.8 Å². The molecule has 0 unspecified atom stereocenters. The van der Waals surface area contributed by atoms with Gasteiger partial charge in [0.2, 0.25) is 8.32 Å². The SMILES string of the molecule is C[Si](C)(C)Oc1cccc(F)[si]1[Si](C)(C)C. The molecule has 0 bridgehead atoms. The lowest BCUT2D eigenvalue weighted by Crippen LogP contribution is -2.40. The molecule has 0 N–H and O–H groups in total. The lowest BCUT2D eigenvalue weighted by atomic mass is 10.6. The first-order valence-corrected chi connectivity index (χ1v) is 15.0. The van der Waals surface area contributed by atoms with E-state index in [-0.39, 0.29) is 5.43 Å². The van der Waals surface area contributed by atoms with Crippen molar-refractivity contribution in [3.05, 3.63) is 23.6 Å². The van der Waals surface area contributed by atoms with Crippen LogP contribution in [0.25, 0.3) is 0 Å². The molecule has 16 heavy (non-hydrogen) atoms. The highest BCUT2D eigenvalue weighted by atomic mass is 29.2. The van der Waals surface area contributed by atoms with E-state index in [1.165, 1.54) is 0 Å². The maximum absolute atomic E-state index is 14.0. The first-order valence-electron chi connectivity index (χ1n) is 5.59. The minimum absolute atomic E-state index is 0.0694. The van der Waals surface area contributed by atoms with Gasteiger partial charge in [0.25, 0.3) is 0 Å². The van der Waals surface area contributed by atoms with Crippen molar-refractivity contribution < 1.29 is 8.82 Å². The van der Waals surface area contributed by atoms with Gasteiger partial charge in [-0.3, -0.25) is 0 Å². The third-order valence-corrected chi connectivity index (χ3v) is 12.0. The largest absolute Gasteiger partial charge is 0.548 e. The molecule has 0 aliphatic rings. The van der Waals surface area contributed by atoms with Crippen LogP contribution < -0.4 is 4.43 Å². The quantitative estimate of drug-likeness (QED) is 0.762. The van der Waals surface area contributed by atoms with E-state index in [2.05, 4.69) is 39.3 Å². The van der Waals surface area contributed by atoms with Crippen LogP contribution in [0.3, 0.4) is 0 Å². The van der Waals surface area contributed by atoms with E-state index in [0.29, 0.717) is 0 Å². The summed E-state index contributed by atoms with van der Waals surface area (Å²) in [6.45, 7) is 13.1. The van der Waals surface area contributed by atoms with Gasteiger partial charge in [-0.15, -0.1) is 0 Å². The summed E-state index contributed by atoms with van der Waals surface area (Å²) in [5.41, 5.74) is 0.0694. The monoisotopic (exact) mass is 272 g/mol. The molecule has 90 valence electrons. The van der Waals surface area contributed by atoms with Crippen LogP contribution in [0.4, 0.5) is 4.39 Å². The summed E-state index contributed by atoms with van der Waals surface area (Å²) in [6.07, 6.45) is 0. The molecule has 0 spiro atoms. The van der Waals surface area contributed by atoms with Crippen LogP contribution in [0.5, 0.6) is 5.36 Å². The van der Waals surface area contributed by atoms with Crippen LogP contribution in [0.1, 0.15) is 0 Å². The van der Waals surface area contributed by atoms with Gasteiger partial charge in [0.15, 0.2) is 0 Å². The molecule has 0 aliphatic heterocycles. The minimum Gasteiger partial charge on any atom is -0.548 e. The van der Waals surface area contributed by atoms with E-state index < -0.39 is 23.8 Å². The van der Waals surface area contributed by atoms with E-state index in [1.54, 1.807) is 12.1 Å². The minimum atomic E-state index is -1.63. The van der Waals surface area contributed by atoms with Gasteiger partial charge < -0.3 is 4.43 Å². The number of rotatable bonds is 3. The predicted octanol–water partition coefficient (Wildman–Crippen LogP) is 3.75. The van der Waals surface area contributed by atoms with Gasteiger partial charge in [-0.2, -0.15) is 0 Å². The molecule has 1 rings (SSSR count). The molecule has 0 fully saturated rings. The summed E-state index contributed by atoms with van der Waals surface area (Å²) in [6, 6.07) is 5.37. The molecule has 0 aromatic carbocycles. The smallest absolute Gasteiger partial charge is 0.241 e. The number of hydrogen-bond acceptors (Lipinski definition) is 1. The third kappa shape index (κ3) is 3.64. The summed E-state index contributed by atoms with van der Waals surface area (Å²) in [7, 11) is -4.38. The van der Waals surface area contributed by atoms with Crippen molar-refractivity contribution in [2.24, 2.45) is 0 Å². The van der Waals surface area contributed by atoms with E-state index in [0.717, 1.165) is 5.36 Å². The summed E-state index contributed by atoms with van der Waals surface area (Å²) in [5.74, 6) is 0. The Balaban J connectivity index is 3.24. The molecule has 1 aromatic rings. The standard InChI is InChI=1S/C11H21FOSi3/c1-15(2,3)13-11-9-7-8-10(12)14(11)16(4,5)6/h7-9H,1-6H3. The Morgan fingerprint density at radius 2 is 1.62 bits per heavy atom. The molecule has 1 aromatic heterocycles. The van der Waals surface area contributed by atoms with Crippen LogP contribution in [-0.2, 0) is 0 Å². The molecule has 0 atom stereocenters. The zero-order valence-electron chi connectivity index (χ0n) is 11.0. The number of halogens is 1. The van der Waals surface area contributed by atoms with Gasteiger partial charge in [-0.1, -0.05) is 25.7 Å².